The Bertz CT molecular complexity index is 765. The molecule has 2 aromatic carbocycles. The van der Waals surface area contributed by atoms with Crippen molar-refractivity contribution in [2.75, 3.05) is 4.72 Å². The lowest BCUT2D eigenvalue weighted by Crippen LogP contribution is -2.14. The number of hydrogen-bond donors (Lipinski definition) is 1. The zero-order valence-electron chi connectivity index (χ0n) is 10.3. The Morgan fingerprint density at radius 3 is 2.55 bits per heavy atom. The lowest BCUT2D eigenvalue weighted by molar-refractivity contribution is 0.601. The third-order valence-corrected chi connectivity index (χ3v) is 5.22. The van der Waals surface area contributed by atoms with Crippen molar-refractivity contribution in [3.8, 4) is 0 Å². The summed E-state index contributed by atoms with van der Waals surface area (Å²) in [4.78, 5) is 0.0393. The Hall–Kier alpha value is -1.11. The first kappa shape index (κ1) is 15.3. The van der Waals surface area contributed by atoms with Gasteiger partial charge in [-0.1, -0.05) is 17.7 Å². The molecule has 3 nitrogen and oxygen atoms in total. The highest BCUT2D eigenvalue weighted by atomic mass is 79.9. The molecule has 0 aliphatic carbocycles. The molecule has 0 spiro atoms. The van der Waals surface area contributed by atoms with Gasteiger partial charge in [-0.25, -0.2) is 12.8 Å². The van der Waals surface area contributed by atoms with Crippen LogP contribution in [0.2, 0.25) is 5.02 Å². The second kappa shape index (κ2) is 5.71. The Morgan fingerprint density at radius 1 is 1.20 bits per heavy atom. The summed E-state index contributed by atoms with van der Waals surface area (Å²) in [5.41, 5.74) is 0.832. The fourth-order valence-corrected chi connectivity index (χ4v) is 3.35. The number of aryl methyl sites for hydroxylation is 1. The lowest BCUT2D eigenvalue weighted by atomic mass is 10.2. The third-order valence-electron chi connectivity index (χ3n) is 2.65. The Kier molecular flexibility index (Phi) is 4.36. The molecule has 0 atom stereocenters. The van der Waals surface area contributed by atoms with E-state index in [2.05, 4.69) is 20.7 Å². The fraction of sp³-hybridized carbons (Fsp3) is 0.0769. The van der Waals surface area contributed by atoms with Crippen LogP contribution in [0.15, 0.2) is 45.8 Å². The topological polar surface area (TPSA) is 46.2 Å². The summed E-state index contributed by atoms with van der Waals surface area (Å²) in [6.07, 6.45) is 0. The van der Waals surface area contributed by atoms with Gasteiger partial charge in [-0.15, -0.1) is 0 Å². The predicted molar refractivity (Wildman–Crippen MR) is 81.1 cm³/mol. The van der Waals surface area contributed by atoms with Gasteiger partial charge in [0.25, 0.3) is 10.0 Å². The molecule has 0 aromatic heterocycles. The first-order valence-electron chi connectivity index (χ1n) is 5.53. The minimum atomic E-state index is -3.80. The maximum Gasteiger partial charge on any atom is 0.261 e. The molecule has 106 valence electrons. The van der Waals surface area contributed by atoms with E-state index < -0.39 is 15.8 Å². The van der Waals surface area contributed by atoms with Gasteiger partial charge in [0, 0.05) is 4.47 Å². The maximum absolute atomic E-state index is 13.2. The Balaban J connectivity index is 2.40. The van der Waals surface area contributed by atoms with Gasteiger partial charge in [-0.3, -0.25) is 4.72 Å². The van der Waals surface area contributed by atoms with E-state index >= 15 is 0 Å². The van der Waals surface area contributed by atoms with Crippen molar-refractivity contribution in [2.24, 2.45) is 0 Å². The highest BCUT2D eigenvalue weighted by molar-refractivity contribution is 9.10. The molecule has 20 heavy (non-hydrogen) atoms. The molecular weight excluding hydrogens is 369 g/mol. The maximum atomic E-state index is 13.2. The van der Waals surface area contributed by atoms with Crippen molar-refractivity contribution in [1.29, 1.82) is 0 Å². The van der Waals surface area contributed by atoms with E-state index in [-0.39, 0.29) is 10.6 Å². The summed E-state index contributed by atoms with van der Waals surface area (Å²) in [5.74, 6) is -0.509. The third kappa shape index (κ3) is 3.31. The Morgan fingerprint density at radius 2 is 1.90 bits per heavy atom. The summed E-state index contributed by atoms with van der Waals surface area (Å²) in [6.45, 7) is 1.69. The molecule has 0 aliphatic heterocycles. The van der Waals surface area contributed by atoms with Gasteiger partial charge in [0.15, 0.2) is 0 Å². The minimum Gasteiger partial charge on any atom is -0.279 e. The van der Waals surface area contributed by atoms with Gasteiger partial charge in [-0.2, -0.15) is 0 Å². The number of anilines is 1. The van der Waals surface area contributed by atoms with Gasteiger partial charge in [0.2, 0.25) is 0 Å². The number of rotatable bonds is 3. The van der Waals surface area contributed by atoms with Crippen LogP contribution in [0.25, 0.3) is 0 Å². The molecule has 0 unspecified atom stereocenters. The van der Waals surface area contributed by atoms with Crippen molar-refractivity contribution in [2.45, 2.75) is 11.8 Å². The smallest absolute Gasteiger partial charge is 0.261 e. The van der Waals surface area contributed by atoms with Crippen molar-refractivity contribution >= 4 is 43.2 Å². The van der Waals surface area contributed by atoms with Crippen LogP contribution in [-0.2, 0) is 10.0 Å². The van der Waals surface area contributed by atoms with E-state index in [0.29, 0.717) is 15.1 Å². The summed E-state index contributed by atoms with van der Waals surface area (Å²) >= 11 is 8.99. The number of benzene rings is 2. The monoisotopic (exact) mass is 377 g/mol. The first-order chi connectivity index (χ1) is 9.29. The molecule has 2 aromatic rings. The normalized spacial score (nSPS) is 11.4. The average Bonchev–Trinajstić information content (AvgIpc) is 2.36. The quantitative estimate of drug-likeness (QED) is 0.863. The highest BCUT2D eigenvalue weighted by Crippen LogP contribution is 2.27. The highest BCUT2D eigenvalue weighted by Gasteiger charge is 2.16. The van der Waals surface area contributed by atoms with Crippen molar-refractivity contribution in [3.63, 3.8) is 0 Å². The SMILES string of the molecule is Cc1ccc(F)cc1NS(=O)(=O)c1ccc(Cl)c(Br)c1. The number of nitrogens with one attached hydrogen (secondary N) is 1. The summed E-state index contributed by atoms with van der Waals surface area (Å²) in [6, 6.07) is 8.15. The molecule has 0 fully saturated rings. The molecule has 2 rings (SSSR count). The van der Waals surface area contributed by atoms with E-state index in [1.165, 1.54) is 30.3 Å². The fourth-order valence-electron chi connectivity index (χ4n) is 1.55. The van der Waals surface area contributed by atoms with Crippen LogP contribution in [0.4, 0.5) is 10.1 Å². The molecule has 0 saturated carbocycles. The zero-order chi connectivity index (χ0) is 14.9. The number of halogens is 3. The molecule has 7 heteroatoms. The van der Waals surface area contributed by atoms with Gasteiger partial charge in [0.05, 0.1) is 15.6 Å². The zero-order valence-corrected chi connectivity index (χ0v) is 13.5. The summed E-state index contributed by atoms with van der Waals surface area (Å²) in [7, 11) is -3.80. The average molecular weight is 379 g/mol. The van der Waals surface area contributed by atoms with E-state index in [4.69, 9.17) is 11.6 Å². The van der Waals surface area contributed by atoms with Crippen LogP contribution >= 0.6 is 27.5 Å². The minimum absolute atomic E-state index is 0.0393. The predicted octanol–water partition coefficient (Wildman–Crippen LogP) is 4.35. The first-order valence-corrected chi connectivity index (χ1v) is 8.19. The molecule has 0 amide bonds. The van der Waals surface area contributed by atoms with Crippen molar-refractivity contribution < 1.29 is 12.8 Å². The standard InChI is InChI=1S/C13H10BrClFNO2S/c1-8-2-3-9(16)6-13(8)17-20(18,19)10-4-5-12(15)11(14)7-10/h2-7,17H,1H3. The van der Waals surface area contributed by atoms with Crippen LogP contribution in [0.3, 0.4) is 0 Å². The molecule has 0 heterocycles. The van der Waals surface area contributed by atoms with Crippen LogP contribution in [0.1, 0.15) is 5.56 Å². The van der Waals surface area contributed by atoms with Gasteiger partial charge >= 0.3 is 0 Å². The van der Waals surface area contributed by atoms with Gasteiger partial charge < -0.3 is 0 Å². The molecule has 0 bridgehead atoms. The molecular formula is C13H10BrClFNO2S. The lowest BCUT2D eigenvalue weighted by Gasteiger charge is -2.11. The van der Waals surface area contributed by atoms with Crippen LogP contribution < -0.4 is 4.72 Å². The second-order valence-electron chi connectivity index (χ2n) is 4.14. The van der Waals surface area contributed by atoms with E-state index in [9.17, 15) is 12.8 Å². The number of hydrogen-bond acceptors (Lipinski definition) is 2. The largest absolute Gasteiger partial charge is 0.279 e. The Labute approximate surface area is 130 Å². The summed E-state index contributed by atoms with van der Waals surface area (Å²) < 4.78 is 40.5. The molecule has 0 radical (unpaired) electrons. The second-order valence-corrected chi connectivity index (χ2v) is 7.08. The summed E-state index contributed by atoms with van der Waals surface area (Å²) in [5, 5.41) is 0.408. The molecule has 0 saturated heterocycles. The van der Waals surface area contributed by atoms with Crippen molar-refractivity contribution in [3.05, 3.63) is 57.3 Å². The van der Waals surface area contributed by atoms with Crippen LogP contribution in [0, 0.1) is 12.7 Å². The van der Waals surface area contributed by atoms with E-state index in [0.717, 1.165) is 6.07 Å². The van der Waals surface area contributed by atoms with E-state index in [1.807, 2.05) is 0 Å². The molecule has 0 aliphatic rings. The van der Waals surface area contributed by atoms with Crippen LogP contribution in [-0.4, -0.2) is 8.42 Å². The number of sulfonamides is 1. The molecule has 1 N–H and O–H groups in total. The van der Waals surface area contributed by atoms with Gasteiger partial charge in [0.1, 0.15) is 5.82 Å². The van der Waals surface area contributed by atoms with Crippen LogP contribution in [0.5, 0.6) is 0 Å². The van der Waals surface area contributed by atoms with E-state index in [1.54, 1.807) is 6.92 Å². The van der Waals surface area contributed by atoms with Gasteiger partial charge in [-0.05, 0) is 58.7 Å². The van der Waals surface area contributed by atoms with Crippen molar-refractivity contribution in [1.82, 2.24) is 0 Å².